The van der Waals surface area contributed by atoms with E-state index in [4.69, 9.17) is 8.85 Å². The molecule has 0 amide bonds. The van der Waals surface area contributed by atoms with Gasteiger partial charge in [-0.15, -0.1) is 22.8 Å². The molecule has 0 saturated carbocycles. The van der Waals surface area contributed by atoms with Gasteiger partial charge in [0.05, 0.1) is 11.1 Å². The molecular formula is C37H34CuN4O2. The Labute approximate surface area is 269 Å². The maximum atomic E-state index is 6.28. The third kappa shape index (κ3) is 7.49. The van der Waals surface area contributed by atoms with Crippen molar-refractivity contribution in [2.24, 2.45) is 0 Å². The molecule has 0 aliphatic heterocycles. The van der Waals surface area contributed by atoms with Gasteiger partial charge in [-0.25, -0.2) is 0 Å². The predicted molar refractivity (Wildman–Crippen MR) is 170 cm³/mol. The van der Waals surface area contributed by atoms with Gasteiger partial charge in [0.2, 0.25) is 0 Å². The van der Waals surface area contributed by atoms with Crippen molar-refractivity contribution in [2.45, 2.75) is 32.1 Å². The smallest absolute Gasteiger partial charge is 0.664 e. The summed E-state index contributed by atoms with van der Waals surface area (Å²) in [6, 6.07) is 15.9. The fourth-order valence-corrected chi connectivity index (χ4v) is 5.30. The standard InChI is InChI=1S/C37H34N4O2.Cu/c1(2-8-26-42-34-20-6-4-14-28(34)36(30-16-10-22-38-30)31-17-11-23-39-31)3-9-27-43-35-21-7-5-15-29(35)37(32-18-12-24-40-32)33-19-13-25-41-33;/h4-7,10-25H,1-3,8-9,26-27H2;/q-2;+2. The van der Waals surface area contributed by atoms with E-state index in [1.807, 2.05) is 110 Å². The summed E-state index contributed by atoms with van der Waals surface area (Å²) in [5.41, 5.74) is 7.63. The van der Waals surface area contributed by atoms with Crippen molar-refractivity contribution in [1.29, 1.82) is 0 Å². The predicted octanol–water partition coefficient (Wildman–Crippen LogP) is 6.23. The summed E-state index contributed by atoms with van der Waals surface area (Å²) in [6.07, 6.45) is 28.9. The molecule has 225 valence electrons. The topological polar surface area (TPSA) is 79.0 Å². The number of ketones is 2. The molecule has 4 aromatic heterocycles. The van der Waals surface area contributed by atoms with Crippen LogP contribution in [0.1, 0.15) is 54.9 Å². The van der Waals surface area contributed by atoms with Crippen molar-refractivity contribution in [1.82, 2.24) is 19.9 Å². The Balaban J connectivity index is 0.00000384. The Morgan fingerprint density at radius 2 is 0.795 bits per heavy atom. The van der Waals surface area contributed by atoms with E-state index in [9.17, 15) is 0 Å². The van der Waals surface area contributed by atoms with Crippen LogP contribution in [-0.2, 0) is 25.9 Å². The molecule has 0 fully saturated rings. The van der Waals surface area contributed by atoms with Crippen LogP contribution in [0.2, 0.25) is 0 Å². The molecule has 0 unspecified atom stereocenters. The minimum atomic E-state index is 0. The summed E-state index contributed by atoms with van der Waals surface area (Å²) in [4.78, 5) is 18.2. The van der Waals surface area contributed by atoms with Gasteiger partial charge >= 0.3 is 28.6 Å². The molecule has 2 aliphatic rings. The van der Waals surface area contributed by atoms with Crippen molar-refractivity contribution in [3.8, 4) is 0 Å². The first-order chi connectivity index (χ1) is 21.4. The van der Waals surface area contributed by atoms with Gasteiger partial charge < -0.3 is 19.9 Å². The molecule has 0 bridgehead atoms. The second-order valence-corrected chi connectivity index (χ2v) is 10.3. The maximum absolute atomic E-state index is 6.28. The van der Waals surface area contributed by atoms with Gasteiger partial charge in [0.25, 0.3) is 13.2 Å². The van der Waals surface area contributed by atoms with Gasteiger partial charge in [0.1, 0.15) is 0 Å². The van der Waals surface area contributed by atoms with Crippen LogP contribution in [0.15, 0.2) is 133 Å². The first-order valence-electron chi connectivity index (χ1n) is 14.9. The van der Waals surface area contributed by atoms with Crippen LogP contribution in [0.5, 0.6) is 0 Å². The Kier molecular flexibility index (Phi) is 11.1. The summed E-state index contributed by atoms with van der Waals surface area (Å²) in [5.74, 6) is 1.72. The fourth-order valence-electron chi connectivity index (χ4n) is 5.30. The molecule has 6 rings (SSSR count). The largest absolute Gasteiger partial charge is 2.00 e. The molecule has 44 heavy (non-hydrogen) atoms. The molecule has 7 heteroatoms. The second-order valence-electron chi connectivity index (χ2n) is 10.3. The Hall–Kier alpha value is -4.58. The van der Waals surface area contributed by atoms with Crippen molar-refractivity contribution in [3.63, 3.8) is 0 Å². The van der Waals surface area contributed by atoms with Crippen molar-refractivity contribution in [2.75, 3.05) is 13.2 Å². The summed E-state index contributed by atoms with van der Waals surface area (Å²) >= 11 is 0. The number of aromatic nitrogens is 4. The zero-order valence-corrected chi connectivity index (χ0v) is 25.3. The molecular weight excluding hydrogens is 596 g/mol. The van der Waals surface area contributed by atoms with E-state index in [1.165, 1.54) is 0 Å². The van der Waals surface area contributed by atoms with E-state index in [1.54, 1.807) is 0 Å². The third-order valence-corrected chi connectivity index (χ3v) is 7.36. The molecule has 0 atom stereocenters. The molecule has 0 aromatic carbocycles. The fraction of sp³-hybridized carbons (Fsp3) is 0.189. The maximum Gasteiger partial charge on any atom is 2.00 e. The monoisotopic (exact) mass is 629 g/mol. The number of allylic oxidation sites excluding steroid dienone is 10. The van der Waals surface area contributed by atoms with E-state index in [-0.39, 0.29) is 17.1 Å². The van der Waals surface area contributed by atoms with Crippen LogP contribution in [0.25, 0.3) is 11.1 Å². The van der Waals surface area contributed by atoms with Crippen LogP contribution in [0, 0.1) is 0 Å². The van der Waals surface area contributed by atoms with Crippen LogP contribution in [0.4, 0.5) is 0 Å². The molecule has 0 saturated heterocycles. The van der Waals surface area contributed by atoms with Gasteiger partial charge in [-0.1, -0.05) is 79.3 Å². The summed E-state index contributed by atoms with van der Waals surface area (Å²) in [5, 5.41) is 0. The summed E-state index contributed by atoms with van der Waals surface area (Å²) in [6.45, 7) is 1.34. The van der Waals surface area contributed by atoms with Crippen LogP contribution >= 0.6 is 0 Å². The number of nitrogens with zero attached hydrogens (tertiary/aromatic N) is 4. The van der Waals surface area contributed by atoms with E-state index >= 15 is 0 Å². The minimum Gasteiger partial charge on any atom is -0.664 e. The van der Waals surface area contributed by atoms with E-state index < -0.39 is 0 Å². The van der Waals surface area contributed by atoms with Crippen LogP contribution < -0.4 is 19.9 Å². The van der Waals surface area contributed by atoms with E-state index in [0.29, 0.717) is 13.2 Å². The van der Waals surface area contributed by atoms with Gasteiger partial charge in [0, 0.05) is 25.0 Å². The van der Waals surface area contributed by atoms with Crippen LogP contribution in [0.3, 0.4) is 0 Å². The average molecular weight is 630 g/mol. The normalized spacial score (nSPS) is 15.8. The average Bonchev–Trinajstić information content (AvgIpc) is 3.88. The molecule has 4 heterocycles. The zero-order chi connectivity index (χ0) is 29.1. The van der Waals surface area contributed by atoms with Crippen molar-refractivity contribution in [3.05, 3.63) is 156 Å². The molecule has 4 aromatic rings. The van der Waals surface area contributed by atoms with Crippen LogP contribution in [-0.4, -0.2) is 24.8 Å². The quantitative estimate of drug-likeness (QED) is 0.0806. The molecule has 0 N–H and O–H groups in total. The molecule has 6 nitrogen and oxygen atoms in total. The van der Waals surface area contributed by atoms with Gasteiger partial charge in [0.15, 0.2) is 0 Å². The number of hydrogen-bond donors (Lipinski definition) is 0. The van der Waals surface area contributed by atoms with Gasteiger partial charge in [-0.3, -0.25) is 8.85 Å². The first-order valence-corrected chi connectivity index (χ1v) is 14.9. The van der Waals surface area contributed by atoms with E-state index in [2.05, 4.69) is 32.1 Å². The number of rotatable bonds is 12. The Bertz CT molecular complexity index is 1510. The third-order valence-electron chi connectivity index (χ3n) is 7.36. The number of unbranched alkanes of at least 4 members (excludes halogenated alkanes) is 4. The van der Waals surface area contributed by atoms with Crippen molar-refractivity contribution < 1.29 is 25.9 Å². The SMILES string of the molecule is C1=CC(=[O+]CCCCCCC[O+]=C2C=CC=CC2=C(c2ccc[n-]2)c2ccc[n-]2)C(=C(c2ccc[n-]2)c2ccc[n-]2)C=C1.[Cu+2]. The Morgan fingerprint density at radius 1 is 0.455 bits per heavy atom. The number of carbonyl (C=O) groups excluding carboxylic acids is 2. The molecule has 1 radical (unpaired) electrons. The summed E-state index contributed by atoms with van der Waals surface area (Å²) in [7, 11) is 0. The first kappa shape index (κ1) is 30.9. The second kappa shape index (κ2) is 15.8. The van der Waals surface area contributed by atoms with E-state index in [0.717, 1.165) is 88.7 Å². The molecule has 2 aliphatic carbocycles. The van der Waals surface area contributed by atoms with Crippen molar-refractivity contribution >= 4 is 22.7 Å². The minimum absolute atomic E-state index is 0. The Morgan fingerprint density at radius 3 is 1.14 bits per heavy atom. The molecule has 0 spiro atoms. The van der Waals surface area contributed by atoms with Gasteiger partial charge in [-0.2, -0.15) is 24.8 Å². The number of hydrogen-bond acceptors (Lipinski definition) is 0. The zero-order valence-electron chi connectivity index (χ0n) is 24.4. The van der Waals surface area contributed by atoms with Gasteiger partial charge in [-0.05, 0) is 36.1 Å². The summed E-state index contributed by atoms with van der Waals surface area (Å²) < 4.78 is 12.6.